The van der Waals surface area contributed by atoms with Crippen molar-refractivity contribution in [2.45, 2.75) is 28.4 Å². The van der Waals surface area contributed by atoms with E-state index in [4.69, 9.17) is 11.6 Å². The van der Waals surface area contributed by atoms with E-state index in [1.807, 2.05) is 0 Å². The molecule has 0 radical (unpaired) electrons. The molecule has 0 spiro atoms. The summed E-state index contributed by atoms with van der Waals surface area (Å²) in [7, 11) is 0. The van der Waals surface area contributed by atoms with Crippen LogP contribution in [0.3, 0.4) is 0 Å². The summed E-state index contributed by atoms with van der Waals surface area (Å²) in [6.07, 6.45) is 6.35. The molecule has 22 heavy (non-hydrogen) atoms. The Balaban J connectivity index is 1.90. The largest absolute Gasteiger partial charge is 0.289 e. The summed E-state index contributed by atoms with van der Waals surface area (Å²) >= 11 is 7.86. The first kappa shape index (κ1) is 15.3. The SMILES string of the molecule is O=[N+]([O-])c1ccc(S[C@@H]2[C@H](Cl)[C@H]3C=C[C@H]2CC3)c([N+](=O)[O-])c1. The molecule has 0 aromatic heterocycles. The first-order chi connectivity index (χ1) is 10.5. The molecule has 3 aliphatic carbocycles. The van der Waals surface area contributed by atoms with Crippen molar-refractivity contribution in [3.05, 3.63) is 50.6 Å². The number of hydrogen-bond acceptors (Lipinski definition) is 5. The van der Waals surface area contributed by atoms with Gasteiger partial charge >= 0.3 is 0 Å². The molecule has 1 saturated carbocycles. The number of alkyl halides is 1. The van der Waals surface area contributed by atoms with Crippen LogP contribution in [0.25, 0.3) is 0 Å². The highest BCUT2D eigenvalue weighted by Gasteiger charge is 2.41. The summed E-state index contributed by atoms with van der Waals surface area (Å²) in [5, 5.41) is 22.0. The van der Waals surface area contributed by atoms with Crippen molar-refractivity contribution in [3.63, 3.8) is 0 Å². The molecule has 0 heterocycles. The number of halogens is 1. The van der Waals surface area contributed by atoms with Gasteiger partial charge in [-0.1, -0.05) is 12.2 Å². The van der Waals surface area contributed by atoms with Gasteiger partial charge in [0.15, 0.2) is 0 Å². The minimum absolute atomic E-state index is 0.0607. The zero-order valence-electron chi connectivity index (χ0n) is 11.4. The summed E-state index contributed by atoms with van der Waals surface area (Å²) in [5.41, 5.74) is -0.503. The zero-order chi connectivity index (χ0) is 15.9. The Bertz CT molecular complexity index is 666. The second-order valence-electron chi connectivity index (χ2n) is 5.48. The number of rotatable bonds is 4. The number of allylic oxidation sites excluding steroid dienone is 2. The Hall–Kier alpha value is -1.60. The van der Waals surface area contributed by atoms with Crippen LogP contribution < -0.4 is 0 Å². The van der Waals surface area contributed by atoms with Crippen LogP contribution in [-0.4, -0.2) is 20.5 Å². The highest BCUT2D eigenvalue weighted by atomic mass is 35.5. The van der Waals surface area contributed by atoms with E-state index in [2.05, 4.69) is 12.2 Å². The minimum atomic E-state index is -0.628. The van der Waals surface area contributed by atoms with Gasteiger partial charge in [-0.25, -0.2) is 0 Å². The Kier molecular flexibility index (Phi) is 4.10. The molecular formula is C14H13ClN2O4S. The lowest BCUT2D eigenvalue weighted by Gasteiger charge is -2.41. The maximum Gasteiger partial charge on any atom is 0.289 e. The quantitative estimate of drug-likeness (QED) is 0.355. The van der Waals surface area contributed by atoms with Gasteiger partial charge in [0.05, 0.1) is 26.2 Å². The first-order valence-electron chi connectivity index (χ1n) is 6.89. The normalized spacial score (nSPS) is 29.5. The molecule has 2 bridgehead atoms. The van der Waals surface area contributed by atoms with E-state index < -0.39 is 9.85 Å². The van der Waals surface area contributed by atoms with Gasteiger partial charge in [-0.05, 0) is 30.7 Å². The van der Waals surface area contributed by atoms with Crippen molar-refractivity contribution in [1.82, 2.24) is 0 Å². The van der Waals surface area contributed by atoms with Crippen LogP contribution in [0.1, 0.15) is 12.8 Å². The van der Waals surface area contributed by atoms with Gasteiger partial charge < -0.3 is 0 Å². The second-order valence-corrected chi connectivity index (χ2v) is 7.21. The van der Waals surface area contributed by atoms with E-state index in [1.54, 1.807) is 0 Å². The third kappa shape index (κ3) is 2.70. The summed E-state index contributed by atoms with van der Waals surface area (Å²) in [4.78, 5) is 21.2. The minimum Gasteiger partial charge on any atom is -0.258 e. The highest BCUT2D eigenvalue weighted by molar-refractivity contribution is 8.00. The van der Waals surface area contributed by atoms with Gasteiger partial charge in [0.25, 0.3) is 11.4 Å². The van der Waals surface area contributed by atoms with Crippen LogP contribution in [0, 0.1) is 32.1 Å². The standard InChI is InChI=1S/C14H13ClN2O4S/c15-13-8-1-3-9(4-2-8)14(13)22-12-6-5-10(16(18)19)7-11(12)17(20)21/h1,3,5-9,13-14H,2,4H2/t8-,9-,13+,14-/m0/s1. The highest BCUT2D eigenvalue weighted by Crippen LogP contribution is 2.48. The van der Waals surface area contributed by atoms with Crippen molar-refractivity contribution in [2.24, 2.45) is 11.8 Å². The Morgan fingerprint density at radius 2 is 1.77 bits per heavy atom. The van der Waals surface area contributed by atoms with Crippen LogP contribution in [0.15, 0.2) is 35.2 Å². The molecule has 0 saturated heterocycles. The third-order valence-electron chi connectivity index (χ3n) is 4.20. The Morgan fingerprint density at radius 3 is 2.32 bits per heavy atom. The number of thioether (sulfide) groups is 1. The van der Waals surface area contributed by atoms with Crippen molar-refractivity contribution in [3.8, 4) is 0 Å². The molecule has 0 aliphatic heterocycles. The summed E-state index contributed by atoms with van der Waals surface area (Å²) in [6, 6.07) is 3.77. The number of nitro benzene ring substituents is 2. The van der Waals surface area contributed by atoms with E-state index >= 15 is 0 Å². The van der Waals surface area contributed by atoms with Crippen molar-refractivity contribution in [2.75, 3.05) is 0 Å². The molecule has 0 unspecified atom stereocenters. The van der Waals surface area contributed by atoms with Crippen LogP contribution in [0.4, 0.5) is 11.4 Å². The van der Waals surface area contributed by atoms with Gasteiger partial charge in [-0.3, -0.25) is 20.2 Å². The molecule has 0 amide bonds. The average molecular weight is 341 g/mol. The van der Waals surface area contributed by atoms with E-state index in [9.17, 15) is 20.2 Å². The topological polar surface area (TPSA) is 86.3 Å². The third-order valence-corrected chi connectivity index (χ3v) is 6.46. The second kappa shape index (κ2) is 5.89. The lowest BCUT2D eigenvalue weighted by molar-refractivity contribution is -0.396. The van der Waals surface area contributed by atoms with Crippen LogP contribution in [0.5, 0.6) is 0 Å². The van der Waals surface area contributed by atoms with E-state index in [0.29, 0.717) is 16.7 Å². The number of nitrogens with zero attached hydrogens (tertiary/aromatic N) is 2. The molecule has 0 N–H and O–H groups in total. The molecule has 1 aromatic carbocycles. The van der Waals surface area contributed by atoms with Gasteiger partial charge in [-0.2, -0.15) is 0 Å². The molecule has 3 aliphatic rings. The summed E-state index contributed by atoms with van der Waals surface area (Å²) < 4.78 is 0. The molecule has 116 valence electrons. The Labute approximate surface area is 135 Å². The average Bonchev–Trinajstić information content (AvgIpc) is 2.51. The fourth-order valence-electron chi connectivity index (χ4n) is 3.04. The first-order valence-corrected chi connectivity index (χ1v) is 8.21. The van der Waals surface area contributed by atoms with Gasteiger partial charge in [0.1, 0.15) is 0 Å². The number of benzene rings is 1. The zero-order valence-corrected chi connectivity index (χ0v) is 13.0. The Morgan fingerprint density at radius 1 is 1.09 bits per heavy atom. The van der Waals surface area contributed by atoms with Crippen molar-refractivity contribution in [1.29, 1.82) is 0 Å². The van der Waals surface area contributed by atoms with Gasteiger partial charge in [0, 0.05) is 11.3 Å². The summed E-state index contributed by atoms with van der Waals surface area (Å²) in [5.74, 6) is 0.605. The van der Waals surface area contributed by atoms with Gasteiger partial charge in [0.2, 0.25) is 0 Å². The molecule has 4 atom stereocenters. The number of non-ortho nitro benzene ring substituents is 1. The molecule has 1 aromatic rings. The van der Waals surface area contributed by atoms with E-state index in [0.717, 1.165) is 18.9 Å². The van der Waals surface area contributed by atoms with Crippen LogP contribution in [-0.2, 0) is 0 Å². The van der Waals surface area contributed by atoms with Crippen molar-refractivity contribution >= 4 is 34.7 Å². The van der Waals surface area contributed by atoms with Gasteiger partial charge in [-0.15, -0.1) is 23.4 Å². The van der Waals surface area contributed by atoms with E-state index in [1.165, 1.54) is 23.9 Å². The van der Waals surface area contributed by atoms with Crippen molar-refractivity contribution < 1.29 is 9.85 Å². The molecule has 1 fully saturated rings. The monoisotopic (exact) mass is 340 g/mol. The van der Waals surface area contributed by atoms with Crippen LogP contribution >= 0.6 is 23.4 Å². The molecule has 8 heteroatoms. The number of hydrogen-bond donors (Lipinski definition) is 0. The number of fused-ring (bicyclic) bond motifs is 2. The summed E-state index contributed by atoms with van der Waals surface area (Å²) in [6.45, 7) is 0. The van der Waals surface area contributed by atoms with Crippen LogP contribution in [0.2, 0.25) is 0 Å². The predicted molar refractivity (Wildman–Crippen MR) is 84.4 cm³/mol. The molecule has 4 rings (SSSR count). The molecule has 6 nitrogen and oxygen atoms in total. The van der Waals surface area contributed by atoms with E-state index in [-0.39, 0.29) is 22.0 Å². The maximum atomic E-state index is 11.2. The maximum absolute atomic E-state index is 11.2. The number of nitro groups is 2. The fraction of sp³-hybridized carbons (Fsp3) is 0.429. The lowest BCUT2D eigenvalue weighted by atomic mass is 9.75. The fourth-order valence-corrected chi connectivity index (χ4v) is 5.02. The predicted octanol–water partition coefficient (Wildman–Crippen LogP) is 4.17. The smallest absolute Gasteiger partial charge is 0.258 e. The lowest BCUT2D eigenvalue weighted by Crippen LogP contribution is -2.39. The molecular weight excluding hydrogens is 328 g/mol.